The third kappa shape index (κ3) is 6.41. The maximum atomic E-state index is 13.3. The molecule has 2 unspecified atom stereocenters. The minimum atomic E-state index is -1.00. The summed E-state index contributed by atoms with van der Waals surface area (Å²) in [4.78, 5) is 38.0. The summed E-state index contributed by atoms with van der Waals surface area (Å²) >= 11 is 0. The Morgan fingerprint density at radius 1 is 1.07 bits per heavy atom. The smallest absolute Gasteiger partial charge is 0.307 e. The Hall–Kier alpha value is -4.83. The molecule has 0 saturated carbocycles. The number of carbonyl (C=O) groups is 2. The second-order valence-electron chi connectivity index (χ2n) is 9.75. The van der Waals surface area contributed by atoms with Gasteiger partial charge in [0.25, 0.3) is 0 Å². The molecule has 0 aliphatic carbocycles. The number of hydrogen-bond donors (Lipinski definition) is 5. The first-order chi connectivity index (χ1) is 19.5. The van der Waals surface area contributed by atoms with Gasteiger partial charge >= 0.3 is 5.97 Å². The number of nitrogens with zero attached hydrogens (tertiary/aromatic N) is 3. The topological polar surface area (TPSA) is 141 Å². The third-order valence-corrected chi connectivity index (χ3v) is 6.98. The van der Waals surface area contributed by atoms with Gasteiger partial charge in [-0.1, -0.05) is 36.4 Å². The summed E-state index contributed by atoms with van der Waals surface area (Å²) in [5, 5.41) is 23.1. The molecule has 2 aliphatic heterocycles. The van der Waals surface area contributed by atoms with Crippen LogP contribution in [0.2, 0.25) is 0 Å². The maximum absolute atomic E-state index is 13.3. The van der Waals surface area contributed by atoms with E-state index in [1.807, 2.05) is 60.8 Å². The van der Waals surface area contributed by atoms with Crippen molar-refractivity contribution in [3.05, 3.63) is 120 Å². The van der Waals surface area contributed by atoms with E-state index in [1.165, 1.54) is 0 Å². The zero-order valence-corrected chi connectivity index (χ0v) is 21.8. The van der Waals surface area contributed by atoms with Crippen LogP contribution in [0.5, 0.6) is 0 Å². The van der Waals surface area contributed by atoms with Crippen LogP contribution in [-0.4, -0.2) is 44.6 Å². The molecule has 5 rings (SSSR count). The monoisotopic (exact) mass is 537 g/mol. The highest BCUT2D eigenvalue weighted by Crippen LogP contribution is 2.39. The van der Waals surface area contributed by atoms with Gasteiger partial charge in [0.2, 0.25) is 5.91 Å². The van der Waals surface area contributed by atoms with Crippen molar-refractivity contribution >= 4 is 17.7 Å². The van der Waals surface area contributed by atoms with E-state index in [4.69, 9.17) is 0 Å². The molecule has 0 radical (unpaired) electrons. The fourth-order valence-corrected chi connectivity index (χ4v) is 5.14. The number of carbonyl (C=O) groups excluding carboxylic acids is 1. The van der Waals surface area contributed by atoms with Gasteiger partial charge in [0.15, 0.2) is 0 Å². The number of hydrogen-bond acceptors (Lipinski definition) is 8. The summed E-state index contributed by atoms with van der Waals surface area (Å²) in [5.74, 6) is -1.64. The lowest BCUT2D eigenvalue weighted by Crippen LogP contribution is -2.56. The van der Waals surface area contributed by atoms with Gasteiger partial charge in [-0.2, -0.15) is 0 Å². The molecule has 0 saturated heterocycles. The Labute approximate surface area is 232 Å². The summed E-state index contributed by atoms with van der Waals surface area (Å²) in [6, 6.07) is 13.2. The number of nitrogens with one attached hydrogen (secondary N) is 4. The van der Waals surface area contributed by atoms with Crippen LogP contribution in [-0.2, 0) is 21.5 Å². The molecule has 3 atom stereocenters. The standard InChI is InChI=1S/C30H31N7O3/c38-28(17-22(29(39)40)16-21-4-2-1-3-5-21)35-25-18-26(36-27-20-33-14-15-34-27)37-30(19-25,23-6-10-31-11-7-23)24-8-12-32-13-9-24/h1-12,14-15,18,20,22,26,32,37H,13,16-17,19H2,(H,34,36)(H,35,38)(H,39,40)/t22-,26?,30?/m0/s1. The molecular formula is C30H31N7O3. The van der Waals surface area contributed by atoms with Crippen molar-refractivity contribution in [3.8, 4) is 0 Å². The van der Waals surface area contributed by atoms with Gasteiger partial charge in [0.05, 0.1) is 17.7 Å². The van der Waals surface area contributed by atoms with E-state index in [2.05, 4.69) is 42.3 Å². The van der Waals surface area contributed by atoms with Crippen LogP contribution < -0.4 is 21.3 Å². The van der Waals surface area contributed by atoms with Crippen LogP contribution in [0, 0.1) is 5.92 Å². The highest BCUT2D eigenvalue weighted by atomic mass is 16.4. The second-order valence-corrected chi connectivity index (χ2v) is 9.75. The first-order valence-corrected chi connectivity index (χ1v) is 13.1. The van der Waals surface area contributed by atoms with Crippen LogP contribution in [0.15, 0.2) is 109 Å². The molecule has 1 aromatic carbocycles. The highest BCUT2D eigenvalue weighted by Gasteiger charge is 2.41. The van der Waals surface area contributed by atoms with Crippen molar-refractivity contribution < 1.29 is 14.7 Å². The van der Waals surface area contributed by atoms with E-state index in [9.17, 15) is 14.7 Å². The molecular weight excluding hydrogens is 506 g/mol. The average Bonchev–Trinajstić information content (AvgIpc) is 2.98. The van der Waals surface area contributed by atoms with Gasteiger partial charge in [-0.15, -0.1) is 0 Å². The number of aromatic nitrogens is 3. The molecule has 0 fully saturated rings. The molecule has 10 nitrogen and oxygen atoms in total. The van der Waals surface area contributed by atoms with Crippen molar-refractivity contribution in [2.75, 3.05) is 11.9 Å². The molecule has 204 valence electrons. The van der Waals surface area contributed by atoms with Crippen LogP contribution in [0.3, 0.4) is 0 Å². The molecule has 0 spiro atoms. The van der Waals surface area contributed by atoms with Gasteiger partial charge in [-0.3, -0.25) is 24.9 Å². The maximum Gasteiger partial charge on any atom is 0.307 e. The molecule has 2 aromatic heterocycles. The highest BCUT2D eigenvalue weighted by molar-refractivity contribution is 5.83. The van der Waals surface area contributed by atoms with E-state index in [0.717, 1.165) is 16.7 Å². The minimum absolute atomic E-state index is 0.147. The predicted molar refractivity (Wildman–Crippen MR) is 150 cm³/mol. The first kappa shape index (κ1) is 26.8. The lowest BCUT2D eigenvalue weighted by Gasteiger charge is -2.44. The van der Waals surface area contributed by atoms with Crippen molar-refractivity contribution in [1.29, 1.82) is 0 Å². The average molecular weight is 538 g/mol. The molecule has 40 heavy (non-hydrogen) atoms. The Bertz CT molecular complexity index is 1410. The summed E-state index contributed by atoms with van der Waals surface area (Å²) in [6.07, 6.45) is 16.4. The Morgan fingerprint density at radius 3 is 2.60 bits per heavy atom. The summed E-state index contributed by atoms with van der Waals surface area (Å²) < 4.78 is 0. The van der Waals surface area contributed by atoms with Crippen molar-refractivity contribution in [1.82, 2.24) is 30.9 Å². The molecule has 0 bridgehead atoms. The Balaban J connectivity index is 1.44. The molecule has 10 heteroatoms. The van der Waals surface area contributed by atoms with E-state index in [1.54, 1.807) is 31.0 Å². The zero-order valence-electron chi connectivity index (χ0n) is 21.8. The fourth-order valence-electron chi connectivity index (χ4n) is 5.14. The normalized spacial score (nSPS) is 20.9. The Kier molecular flexibility index (Phi) is 8.26. The van der Waals surface area contributed by atoms with Crippen molar-refractivity contribution in [2.45, 2.75) is 31.0 Å². The van der Waals surface area contributed by atoms with Crippen LogP contribution in [0.25, 0.3) is 0 Å². The first-order valence-electron chi connectivity index (χ1n) is 13.1. The number of pyridine rings is 1. The zero-order chi connectivity index (χ0) is 27.8. The number of dihydropyridines is 1. The fraction of sp³-hybridized carbons (Fsp3) is 0.233. The molecule has 1 amide bonds. The van der Waals surface area contributed by atoms with Crippen molar-refractivity contribution in [2.24, 2.45) is 5.92 Å². The predicted octanol–water partition coefficient (Wildman–Crippen LogP) is 2.88. The quantitative estimate of drug-likeness (QED) is 0.264. The summed E-state index contributed by atoms with van der Waals surface area (Å²) in [5.41, 5.74) is 2.82. The van der Waals surface area contributed by atoms with Gasteiger partial charge in [0.1, 0.15) is 12.0 Å². The lowest BCUT2D eigenvalue weighted by atomic mass is 9.76. The van der Waals surface area contributed by atoms with Gasteiger partial charge in [-0.05, 0) is 53.6 Å². The van der Waals surface area contributed by atoms with Crippen LogP contribution in [0.1, 0.15) is 24.0 Å². The minimum Gasteiger partial charge on any atom is -0.481 e. The number of anilines is 1. The lowest BCUT2D eigenvalue weighted by molar-refractivity contribution is -0.143. The van der Waals surface area contributed by atoms with Gasteiger partial charge in [-0.25, -0.2) is 4.98 Å². The number of carboxylic acids is 1. The molecule has 2 aliphatic rings. The summed E-state index contributed by atoms with van der Waals surface area (Å²) in [6.45, 7) is 0.661. The third-order valence-electron chi connectivity index (χ3n) is 6.98. The van der Waals surface area contributed by atoms with E-state index >= 15 is 0 Å². The number of aliphatic carboxylic acids is 1. The Morgan fingerprint density at radius 2 is 1.90 bits per heavy atom. The van der Waals surface area contributed by atoms with Gasteiger partial charge in [0, 0.05) is 49.9 Å². The molecule has 4 heterocycles. The SMILES string of the molecule is O=C(C[C@H](Cc1ccccc1)C(=O)O)NC1=CC(Nc2cnccn2)NC(C2=CCNC=C2)(c2ccncc2)C1. The van der Waals surface area contributed by atoms with E-state index in [0.29, 0.717) is 24.5 Å². The van der Waals surface area contributed by atoms with Crippen LogP contribution >= 0.6 is 0 Å². The number of amides is 1. The van der Waals surface area contributed by atoms with E-state index in [-0.39, 0.29) is 18.7 Å². The van der Waals surface area contributed by atoms with E-state index < -0.39 is 23.6 Å². The molecule has 5 N–H and O–H groups in total. The summed E-state index contributed by atoms with van der Waals surface area (Å²) in [7, 11) is 0. The van der Waals surface area contributed by atoms with Crippen molar-refractivity contribution in [3.63, 3.8) is 0 Å². The second kappa shape index (κ2) is 12.4. The van der Waals surface area contributed by atoms with Gasteiger partial charge < -0.3 is 21.1 Å². The van der Waals surface area contributed by atoms with Crippen LogP contribution in [0.4, 0.5) is 5.82 Å². The largest absolute Gasteiger partial charge is 0.481 e. The molecule has 3 aromatic rings. The number of carboxylic acid groups (broad SMARTS) is 1. The number of rotatable bonds is 10. The number of benzene rings is 1.